The Bertz CT molecular complexity index is 1390. The van der Waals surface area contributed by atoms with Crippen LogP contribution in [-0.2, 0) is 17.9 Å². The van der Waals surface area contributed by atoms with Crippen LogP contribution in [0.2, 0.25) is 0 Å². The molecule has 5 aromatic rings. The number of hydrogen-bond acceptors (Lipinski definition) is 6. The average Bonchev–Trinajstić information content (AvgIpc) is 3.64. The van der Waals surface area contributed by atoms with Crippen molar-refractivity contribution in [3.8, 4) is 21.8 Å². The van der Waals surface area contributed by atoms with E-state index < -0.39 is 0 Å². The van der Waals surface area contributed by atoms with Gasteiger partial charge in [0.25, 0.3) is 0 Å². The van der Waals surface area contributed by atoms with Crippen LogP contribution in [0.5, 0.6) is 0 Å². The van der Waals surface area contributed by atoms with Crippen LogP contribution >= 0.6 is 22.7 Å². The highest BCUT2D eigenvalue weighted by atomic mass is 32.1. The molecular weight excluding hydrogens is 462 g/mol. The highest BCUT2D eigenvalue weighted by molar-refractivity contribution is 7.13. The molecule has 0 unspecified atom stereocenters. The van der Waals surface area contributed by atoms with Crippen molar-refractivity contribution in [2.75, 3.05) is 0 Å². The molecule has 1 amide bonds. The van der Waals surface area contributed by atoms with E-state index in [4.69, 9.17) is 5.10 Å². The van der Waals surface area contributed by atoms with E-state index in [9.17, 15) is 4.79 Å². The first kappa shape index (κ1) is 21.9. The van der Waals surface area contributed by atoms with Gasteiger partial charge in [0.15, 0.2) is 0 Å². The fourth-order valence-electron chi connectivity index (χ4n) is 3.45. The topological polar surface area (TPSA) is 72.7 Å². The smallest absolute Gasteiger partial charge is 0.244 e. The third-order valence-electron chi connectivity index (χ3n) is 5.09. The van der Waals surface area contributed by atoms with Gasteiger partial charge in [-0.25, -0.2) is 4.98 Å². The quantitative estimate of drug-likeness (QED) is 0.296. The molecule has 8 heteroatoms. The van der Waals surface area contributed by atoms with Crippen LogP contribution in [-0.4, -0.2) is 25.7 Å². The molecule has 1 N–H and O–H groups in total. The van der Waals surface area contributed by atoms with Crippen molar-refractivity contribution >= 4 is 34.7 Å². The van der Waals surface area contributed by atoms with Gasteiger partial charge in [0, 0.05) is 41.2 Å². The Morgan fingerprint density at radius 1 is 1.03 bits per heavy atom. The molecule has 0 spiro atoms. The molecule has 168 valence electrons. The molecule has 0 fully saturated rings. The molecule has 1 aromatic carbocycles. The lowest BCUT2D eigenvalue weighted by atomic mass is 10.2. The summed E-state index contributed by atoms with van der Waals surface area (Å²) >= 11 is 3.15. The van der Waals surface area contributed by atoms with Crippen molar-refractivity contribution in [1.82, 2.24) is 25.1 Å². The Morgan fingerprint density at radius 2 is 1.88 bits per heavy atom. The van der Waals surface area contributed by atoms with Crippen molar-refractivity contribution in [3.63, 3.8) is 0 Å². The Morgan fingerprint density at radius 3 is 2.68 bits per heavy atom. The predicted molar refractivity (Wildman–Crippen MR) is 137 cm³/mol. The second kappa shape index (κ2) is 10.4. The lowest BCUT2D eigenvalue weighted by molar-refractivity contribution is -0.116. The zero-order valence-electron chi connectivity index (χ0n) is 18.2. The summed E-state index contributed by atoms with van der Waals surface area (Å²) in [5.41, 5.74) is 4.85. The average molecular weight is 484 g/mol. The number of rotatable bonds is 8. The number of benzene rings is 1. The molecule has 0 aliphatic carbocycles. The van der Waals surface area contributed by atoms with Crippen molar-refractivity contribution in [2.24, 2.45) is 0 Å². The van der Waals surface area contributed by atoms with E-state index in [1.165, 1.54) is 16.9 Å². The molecule has 6 nitrogen and oxygen atoms in total. The fourth-order valence-corrected chi connectivity index (χ4v) is 4.92. The standard InChI is InChI=1S/C26H21N5OS2/c32-24(28-15-25-29-22(18-34-25)20-10-12-27-13-11-20)9-8-21-17-31(16-19-5-2-1-3-6-19)30-26(21)23-7-4-14-33-23/h1-14,17-18H,15-16H2,(H,28,32)/b9-8+. The normalized spacial score (nSPS) is 11.2. The molecule has 5 rings (SSSR count). The summed E-state index contributed by atoms with van der Waals surface area (Å²) < 4.78 is 1.91. The van der Waals surface area contributed by atoms with Crippen molar-refractivity contribution < 1.29 is 4.79 Å². The van der Waals surface area contributed by atoms with Crippen molar-refractivity contribution in [3.05, 3.63) is 106 Å². The molecule has 0 bridgehead atoms. The number of carbonyl (C=O) groups excluding carboxylic acids is 1. The summed E-state index contributed by atoms with van der Waals surface area (Å²) in [5, 5.41) is 12.6. The SMILES string of the molecule is O=C(/C=C/c1cn(Cc2ccccc2)nc1-c1cccs1)NCc1nc(-c2ccncc2)cs1. The molecule has 34 heavy (non-hydrogen) atoms. The van der Waals surface area contributed by atoms with Gasteiger partial charge in [0.1, 0.15) is 10.7 Å². The molecule has 4 aromatic heterocycles. The number of hydrogen-bond donors (Lipinski definition) is 1. The lowest BCUT2D eigenvalue weighted by Crippen LogP contribution is -2.20. The summed E-state index contributed by atoms with van der Waals surface area (Å²) in [6.45, 7) is 1.05. The van der Waals surface area contributed by atoms with E-state index in [1.54, 1.807) is 29.8 Å². The number of nitrogens with zero attached hydrogens (tertiary/aromatic N) is 4. The number of amides is 1. The van der Waals surface area contributed by atoms with Crippen LogP contribution in [0.3, 0.4) is 0 Å². The number of pyridine rings is 1. The minimum Gasteiger partial charge on any atom is -0.346 e. The minimum absolute atomic E-state index is 0.173. The fraction of sp³-hybridized carbons (Fsp3) is 0.0769. The lowest BCUT2D eigenvalue weighted by Gasteiger charge is -2.00. The van der Waals surface area contributed by atoms with Gasteiger partial charge in [-0.2, -0.15) is 5.10 Å². The second-order valence-electron chi connectivity index (χ2n) is 7.51. The summed E-state index contributed by atoms with van der Waals surface area (Å²) in [4.78, 5) is 22.2. The predicted octanol–water partition coefficient (Wildman–Crippen LogP) is 5.51. The molecule has 0 atom stereocenters. The minimum atomic E-state index is -0.173. The molecule has 4 heterocycles. The van der Waals surface area contributed by atoms with Gasteiger partial charge in [-0.15, -0.1) is 22.7 Å². The monoisotopic (exact) mass is 483 g/mol. The molecule has 0 saturated carbocycles. The van der Waals surface area contributed by atoms with Crippen molar-refractivity contribution in [1.29, 1.82) is 0 Å². The Balaban J connectivity index is 1.26. The summed E-state index contributed by atoms with van der Waals surface area (Å²) in [6, 6.07) is 18.1. The van der Waals surface area contributed by atoms with Crippen LogP contribution in [0.1, 0.15) is 16.1 Å². The Kier molecular flexibility index (Phi) is 6.69. The van der Waals surface area contributed by atoms with E-state index in [0.29, 0.717) is 13.1 Å². The number of thiazole rings is 1. The number of carbonyl (C=O) groups is 1. The maximum atomic E-state index is 12.5. The number of thiophene rings is 1. The summed E-state index contributed by atoms with van der Waals surface area (Å²) in [5.74, 6) is -0.173. The van der Waals surface area contributed by atoms with Gasteiger partial charge in [0.05, 0.1) is 23.7 Å². The molecule has 0 saturated heterocycles. The van der Waals surface area contributed by atoms with E-state index in [2.05, 4.69) is 27.4 Å². The largest absolute Gasteiger partial charge is 0.346 e. The maximum absolute atomic E-state index is 12.5. The molecule has 0 aliphatic heterocycles. The first-order valence-electron chi connectivity index (χ1n) is 10.7. The van der Waals surface area contributed by atoms with E-state index in [1.807, 2.05) is 70.2 Å². The van der Waals surface area contributed by atoms with E-state index in [0.717, 1.165) is 32.4 Å². The van der Waals surface area contributed by atoms with Gasteiger partial charge in [-0.3, -0.25) is 14.5 Å². The van der Waals surface area contributed by atoms with Crippen LogP contribution < -0.4 is 5.32 Å². The van der Waals surface area contributed by atoms with Crippen LogP contribution in [0.15, 0.2) is 90.0 Å². The third kappa shape index (κ3) is 5.36. The second-order valence-corrected chi connectivity index (χ2v) is 9.40. The van der Waals surface area contributed by atoms with Crippen LogP contribution in [0.4, 0.5) is 0 Å². The first-order chi connectivity index (χ1) is 16.7. The van der Waals surface area contributed by atoms with Gasteiger partial charge in [0.2, 0.25) is 5.91 Å². The molecular formula is C26H21N5OS2. The summed E-state index contributed by atoms with van der Waals surface area (Å²) in [7, 11) is 0. The van der Waals surface area contributed by atoms with Crippen LogP contribution in [0, 0.1) is 0 Å². The Hall–Kier alpha value is -3.88. The Labute approximate surface area is 205 Å². The zero-order chi connectivity index (χ0) is 23.2. The highest BCUT2D eigenvalue weighted by Crippen LogP contribution is 2.28. The van der Waals surface area contributed by atoms with Gasteiger partial charge < -0.3 is 5.32 Å². The highest BCUT2D eigenvalue weighted by Gasteiger charge is 2.11. The maximum Gasteiger partial charge on any atom is 0.244 e. The molecule has 0 radical (unpaired) electrons. The zero-order valence-corrected chi connectivity index (χ0v) is 19.8. The van der Waals surface area contributed by atoms with E-state index in [-0.39, 0.29) is 5.91 Å². The van der Waals surface area contributed by atoms with Gasteiger partial charge in [-0.05, 0) is 35.2 Å². The summed E-state index contributed by atoms with van der Waals surface area (Å²) in [6.07, 6.45) is 8.84. The number of aromatic nitrogens is 4. The van der Waals surface area contributed by atoms with Crippen LogP contribution in [0.25, 0.3) is 27.9 Å². The van der Waals surface area contributed by atoms with Gasteiger partial charge >= 0.3 is 0 Å². The first-order valence-corrected chi connectivity index (χ1v) is 12.5. The van der Waals surface area contributed by atoms with Crippen molar-refractivity contribution in [2.45, 2.75) is 13.1 Å². The van der Waals surface area contributed by atoms with E-state index >= 15 is 0 Å². The van der Waals surface area contributed by atoms with Gasteiger partial charge in [-0.1, -0.05) is 36.4 Å². The molecule has 0 aliphatic rings. The third-order valence-corrected chi connectivity index (χ3v) is 6.81. The number of nitrogens with one attached hydrogen (secondary N) is 1.